The van der Waals surface area contributed by atoms with Gasteiger partial charge in [0.15, 0.2) is 5.11 Å². The summed E-state index contributed by atoms with van der Waals surface area (Å²) in [6, 6.07) is 0. The summed E-state index contributed by atoms with van der Waals surface area (Å²) in [6.45, 7) is 10.1. The standard InChI is InChI=1S/C14H22N2O2S/c1-5-8-14(9-10(4)6-2)11(17)15-13(19)16(7-3)12(14)18/h5,10H,1,6-9H2,2-4H3,(H,15,17,19). The molecule has 106 valence electrons. The van der Waals surface area contributed by atoms with E-state index >= 15 is 0 Å². The summed E-state index contributed by atoms with van der Waals surface area (Å²) in [5.74, 6) is -0.184. The largest absolute Gasteiger partial charge is 0.302 e. The smallest absolute Gasteiger partial charge is 0.244 e. The maximum atomic E-state index is 12.7. The first-order chi connectivity index (χ1) is 8.92. The van der Waals surface area contributed by atoms with Crippen LogP contribution >= 0.6 is 12.2 Å². The van der Waals surface area contributed by atoms with Crippen molar-refractivity contribution in [2.45, 2.75) is 40.0 Å². The zero-order valence-corrected chi connectivity index (χ0v) is 12.7. The fourth-order valence-corrected chi connectivity index (χ4v) is 2.75. The Balaban J connectivity index is 3.18. The molecule has 2 unspecified atom stereocenters. The first-order valence-electron chi connectivity index (χ1n) is 6.71. The molecule has 1 N–H and O–H groups in total. The molecule has 0 aromatic carbocycles. The van der Waals surface area contributed by atoms with Crippen LogP contribution in [0.15, 0.2) is 12.7 Å². The van der Waals surface area contributed by atoms with Crippen molar-refractivity contribution in [3.63, 3.8) is 0 Å². The van der Waals surface area contributed by atoms with Gasteiger partial charge < -0.3 is 5.32 Å². The van der Waals surface area contributed by atoms with E-state index < -0.39 is 5.41 Å². The highest BCUT2D eigenvalue weighted by Gasteiger charge is 2.51. The lowest BCUT2D eigenvalue weighted by Crippen LogP contribution is -2.63. The maximum absolute atomic E-state index is 12.7. The van der Waals surface area contributed by atoms with Crippen LogP contribution in [0.4, 0.5) is 0 Å². The minimum atomic E-state index is -1.05. The zero-order chi connectivity index (χ0) is 14.6. The Hall–Kier alpha value is -1.23. The molecular formula is C14H22N2O2S. The van der Waals surface area contributed by atoms with Crippen LogP contribution in [-0.2, 0) is 9.59 Å². The number of allylic oxidation sites excluding steroid dienone is 1. The molecule has 1 fully saturated rings. The first kappa shape index (κ1) is 15.8. The molecule has 2 atom stereocenters. The van der Waals surface area contributed by atoms with Gasteiger partial charge in [0.2, 0.25) is 11.8 Å². The van der Waals surface area contributed by atoms with Crippen LogP contribution in [0.25, 0.3) is 0 Å². The molecule has 1 saturated heterocycles. The van der Waals surface area contributed by atoms with Crippen molar-refractivity contribution in [1.29, 1.82) is 0 Å². The Labute approximate surface area is 120 Å². The highest BCUT2D eigenvalue weighted by Crippen LogP contribution is 2.36. The first-order valence-corrected chi connectivity index (χ1v) is 7.12. The van der Waals surface area contributed by atoms with Crippen LogP contribution < -0.4 is 5.32 Å². The van der Waals surface area contributed by atoms with Crippen molar-refractivity contribution in [3.05, 3.63) is 12.7 Å². The molecule has 0 spiro atoms. The fraction of sp³-hybridized carbons (Fsp3) is 0.643. The van der Waals surface area contributed by atoms with Gasteiger partial charge in [0.1, 0.15) is 5.41 Å². The predicted octanol–water partition coefficient (Wildman–Crippen LogP) is 2.25. The normalized spacial score (nSPS) is 25.2. The van der Waals surface area contributed by atoms with E-state index in [4.69, 9.17) is 12.2 Å². The van der Waals surface area contributed by atoms with Crippen molar-refractivity contribution in [2.24, 2.45) is 11.3 Å². The van der Waals surface area contributed by atoms with Crippen molar-refractivity contribution < 1.29 is 9.59 Å². The maximum Gasteiger partial charge on any atom is 0.244 e. The van der Waals surface area contributed by atoms with E-state index in [-0.39, 0.29) is 16.9 Å². The molecule has 0 radical (unpaired) electrons. The zero-order valence-electron chi connectivity index (χ0n) is 11.9. The number of nitrogens with zero attached hydrogens (tertiary/aromatic N) is 1. The molecule has 0 aromatic rings. The SMILES string of the molecule is C=CCC1(CC(C)CC)C(=O)NC(=S)N(CC)C1=O. The lowest BCUT2D eigenvalue weighted by molar-refractivity contribution is -0.151. The molecule has 19 heavy (non-hydrogen) atoms. The van der Waals surface area contributed by atoms with Gasteiger partial charge in [-0.2, -0.15) is 0 Å². The number of carbonyl (C=O) groups excluding carboxylic acids is 2. The van der Waals surface area contributed by atoms with Gasteiger partial charge in [-0.25, -0.2) is 0 Å². The van der Waals surface area contributed by atoms with Gasteiger partial charge in [-0.15, -0.1) is 6.58 Å². The Morgan fingerprint density at radius 1 is 1.47 bits per heavy atom. The molecule has 4 nitrogen and oxygen atoms in total. The van der Waals surface area contributed by atoms with Gasteiger partial charge in [0, 0.05) is 6.54 Å². The lowest BCUT2D eigenvalue weighted by atomic mass is 9.73. The van der Waals surface area contributed by atoms with Gasteiger partial charge in [-0.1, -0.05) is 26.3 Å². The summed E-state index contributed by atoms with van der Waals surface area (Å²) < 4.78 is 0. The van der Waals surface area contributed by atoms with Crippen molar-refractivity contribution in [2.75, 3.05) is 6.54 Å². The summed E-state index contributed by atoms with van der Waals surface area (Å²) in [5.41, 5.74) is -1.05. The molecule has 0 bridgehead atoms. The van der Waals surface area contributed by atoms with Gasteiger partial charge in [0.05, 0.1) is 0 Å². The van der Waals surface area contributed by atoms with Crippen LogP contribution in [0.5, 0.6) is 0 Å². The third kappa shape index (κ3) is 2.86. The Bertz CT molecular complexity index is 408. The second kappa shape index (κ2) is 6.28. The third-order valence-corrected chi connectivity index (χ3v) is 4.08. The van der Waals surface area contributed by atoms with Crippen LogP contribution in [-0.4, -0.2) is 28.4 Å². The van der Waals surface area contributed by atoms with Crippen LogP contribution in [0.1, 0.15) is 40.0 Å². The van der Waals surface area contributed by atoms with Crippen molar-refractivity contribution >= 4 is 29.1 Å². The summed E-state index contributed by atoms with van der Waals surface area (Å²) in [5, 5.41) is 2.88. The summed E-state index contributed by atoms with van der Waals surface area (Å²) in [6.07, 6.45) is 3.44. The topological polar surface area (TPSA) is 49.4 Å². The molecule has 0 saturated carbocycles. The van der Waals surface area contributed by atoms with E-state index in [1.54, 1.807) is 6.08 Å². The highest BCUT2D eigenvalue weighted by atomic mass is 32.1. The second-order valence-electron chi connectivity index (χ2n) is 5.10. The average molecular weight is 282 g/mol. The Morgan fingerprint density at radius 2 is 2.11 bits per heavy atom. The van der Waals surface area contributed by atoms with Crippen molar-refractivity contribution in [1.82, 2.24) is 10.2 Å². The van der Waals surface area contributed by atoms with Gasteiger partial charge in [0.25, 0.3) is 0 Å². The molecule has 0 aromatic heterocycles. The van der Waals surface area contributed by atoms with E-state index in [1.165, 1.54) is 4.90 Å². The molecule has 1 aliphatic heterocycles. The van der Waals surface area contributed by atoms with Gasteiger partial charge in [-0.3, -0.25) is 14.5 Å². The lowest BCUT2D eigenvalue weighted by Gasteiger charge is -2.41. The minimum absolute atomic E-state index is 0.191. The van der Waals surface area contributed by atoms with Crippen LogP contribution in [0.2, 0.25) is 0 Å². The molecule has 1 rings (SSSR count). The van der Waals surface area contributed by atoms with Crippen LogP contribution in [0, 0.1) is 11.3 Å². The molecule has 0 aliphatic carbocycles. The number of thiocarbonyl (C=S) groups is 1. The molecule has 1 heterocycles. The van der Waals surface area contributed by atoms with Gasteiger partial charge in [-0.05, 0) is 37.9 Å². The summed E-state index contributed by atoms with van der Waals surface area (Å²) in [7, 11) is 0. The van der Waals surface area contributed by atoms with E-state index in [9.17, 15) is 9.59 Å². The van der Waals surface area contributed by atoms with Crippen LogP contribution in [0.3, 0.4) is 0 Å². The summed E-state index contributed by atoms with van der Waals surface area (Å²) in [4.78, 5) is 26.5. The average Bonchev–Trinajstić information content (AvgIpc) is 2.36. The number of nitrogens with one attached hydrogen (secondary N) is 1. The molecular weight excluding hydrogens is 260 g/mol. The quantitative estimate of drug-likeness (QED) is 0.462. The Kier molecular flexibility index (Phi) is 5.23. The minimum Gasteiger partial charge on any atom is -0.302 e. The van der Waals surface area contributed by atoms with Crippen molar-refractivity contribution in [3.8, 4) is 0 Å². The number of hydrogen-bond acceptors (Lipinski definition) is 3. The van der Waals surface area contributed by atoms with E-state index in [1.807, 2.05) is 6.92 Å². The monoisotopic (exact) mass is 282 g/mol. The molecule has 2 amide bonds. The second-order valence-corrected chi connectivity index (χ2v) is 5.49. The fourth-order valence-electron chi connectivity index (χ4n) is 2.45. The molecule has 1 aliphatic rings. The number of hydrogen-bond donors (Lipinski definition) is 1. The number of amides is 2. The summed E-state index contributed by atoms with van der Waals surface area (Å²) >= 11 is 5.06. The van der Waals surface area contributed by atoms with Gasteiger partial charge >= 0.3 is 0 Å². The highest BCUT2D eigenvalue weighted by molar-refractivity contribution is 7.80. The van der Waals surface area contributed by atoms with E-state index in [0.29, 0.717) is 25.3 Å². The number of rotatable bonds is 6. The van der Waals surface area contributed by atoms with E-state index in [2.05, 4.69) is 25.7 Å². The predicted molar refractivity (Wildman–Crippen MR) is 79.4 cm³/mol. The third-order valence-electron chi connectivity index (χ3n) is 3.76. The Morgan fingerprint density at radius 3 is 2.58 bits per heavy atom. The van der Waals surface area contributed by atoms with E-state index in [0.717, 1.165) is 6.42 Å². The number of carbonyl (C=O) groups is 2. The molecule has 5 heteroatoms.